The first-order chi connectivity index (χ1) is 9.51. The maximum atomic E-state index is 4.02. The number of fused-ring (bicyclic) bond motifs is 2. The van der Waals surface area contributed by atoms with Gasteiger partial charge in [0.25, 0.3) is 0 Å². The molecule has 1 aliphatic heterocycles. The van der Waals surface area contributed by atoms with E-state index in [4.69, 9.17) is 0 Å². The van der Waals surface area contributed by atoms with Crippen molar-refractivity contribution in [1.82, 2.24) is 10.2 Å². The Morgan fingerprint density at radius 2 is 1.65 bits per heavy atom. The standard InChI is InChI=1S/C18H36N2/c1-6-14(4)10-15(5)19-18-16-8-7-9-17(18)12-20(11-16)13(2)3/h13-19H,6-12H2,1-5H3. The van der Waals surface area contributed by atoms with E-state index in [0.29, 0.717) is 6.04 Å². The van der Waals surface area contributed by atoms with Gasteiger partial charge in [-0.15, -0.1) is 0 Å². The molecule has 0 radical (unpaired) electrons. The molecule has 4 atom stereocenters. The second-order valence-corrected chi connectivity index (χ2v) is 7.84. The Bertz CT molecular complexity index is 275. The van der Waals surface area contributed by atoms with Crippen molar-refractivity contribution >= 4 is 0 Å². The number of nitrogens with one attached hydrogen (secondary N) is 1. The van der Waals surface area contributed by atoms with Gasteiger partial charge in [-0.1, -0.05) is 26.7 Å². The van der Waals surface area contributed by atoms with Gasteiger partial charge >= 0.3 is 0 Å². The minimum absolute atomic E-state index is 0.684. The lowest BCUT2D eigenvalue weighted by molar-refractivity contribution is 0.0247. The van der Waals surface area contributed by atoms with Gasteiger partial charge < -0.3 is 10.2 Å². The number of hydrogen-bond acceptors (Lipinski definition) is 2. The van der Waals surface area contributed by atoms with Crippen LogP contribution in [0.3, 0.4) is 0 Å². The van der Waals surface area contributed by atoms with Crippen LogP contribution in [0.1, 0.15) is 66.7 Å². The number of piperidine rings is 1. The van der Waals surface area contributed by atoms with E-state index in [9.17, 15) is 0 Å². The van der Waals surface area contributed by atoms with Gasteiger partial charge in [0.15, 0.2) is 0 Å². The molecule has 1 saturated carbocycles. The van der Waals surface area contributed by atoms with E-state index >= 15 is 0 Å². The van der Waals surface area contributed by atoms with Crippen molar-refractivity contribution in [2.45, 2.75) is 84.8 Å². The topological polar surface area (TPSA) is 15.3 Å². The summed E-state index contributed by atoms with van der Waals surface area (Å²) in [4.78, 5) is 2.71. The van der Waals surface area contributed by atoms with Crippen molar-refractivity contribution in [3.05, 3.63) is 0 Å². The molecule has 2 heteroatoms. The summed E-state index contributed by atoms with van der Waals surface area (Å²) in [6, 6.07) is 2.19. The fourth-order valence-corrected chi connectivity index (χ4v) is 4.33. The summed E-state index contributed by atoms with van der Waals surface area (Å²) in [5.74, 6) is 2.64. The zero-order valence-corrected chi connectivity index (χ0v) is 14.4. The zero-order chi connectivity index (χ0) is 14.7. The third-order valence-corrected chi connectivity index (χ3v) is 5.76. The van der Waals surface area contributed by atoms with Gasteiger partial charge in [-0.3, -0.25) is 0 Å². The first-order valence-electron chi connectivity index (χ1n) is 9.01. The molecule has 0 spiro atoms. The predicted molar refractivity (Wildman–Crippen MR) is 88.0 cm³/mol. The molecule has 2 bridgehead atoms. The maximum Gasteiger partial charge on any atom is 0.0150 e. The van der Waals surface area contributed by atoms with Crippen LogP contribution in [0.25, 0.3) is 0 Å². The maximum absolute atomic E-state index is 4.02. The number of nitrogens with zero attached hydrogens (tertiary/aromatic N) is 1. The number of hydrogen-bond donors (Lipinski definition) is 1. The van der Waals surface area contributed by atoms with Crippen molar-refractivity contribution in [2.75, 3.05) is 13.1 Å². The molecule has 0 amide bonds. The van der Waals surface area contributed by atoms with Gasteiger partial charge in [0.05, 0.1) is 0 Å². The third-order valence-electron chi connectivity index (χ3n) is 5.76. The summed E-state index contributed by atoms with van der Waals surface area (Å²) in [6.07, 6.45) is 6.98. The molecule has 0 aromatic heterocycles. The van der Waals surface area contributed by atoms with Crippen LogP contribution in [0, 0.1) is 17.8 Å². The summed E-state index contributed by atoms with van der Waals surface area (Å²) in [5, 5.41) is 4.02. The van der Waals surface area contributed by atoms with Crippen LogP contribution >= 0.6 is 0 Å². The SMILES string of the molecule is CCC(C)CC(C)NC1C2CCCC1CN(C(C)C)C2. The molecule has 0 aromatic carbocycles. The molecule has 2 nitrogen and oxygen atoms in total. The minimum atomic E-state index is 0.684. The van der Waals surface area contributed by atoms with Crippen LogP contribution in [-0.4, -0.2) is 36.1 Å². The fraction of sp³-hybridized carbons (Fsp3) is 1.00. The van der Waals surface area contributed by atoms with Crippen molar-refractivity contribution in [2.24, 2.45) is 17.8 Å². The van der Waals surface area contributed by atoms with Gasteiger partial charge in [0.2, 0.25) is 0 Å². The summed E-state index contributed by atoms with van der Waals surface area (Å²) in [7, 11) is 0. The van der Waals surface area contributed by atoms with Crippen molar-refractivity contribution < 1.29 is 0 Å². The van der Waals surface area contributed by atoms with Crippen molar-refractivity contribution in [3.8, 4) is 0 Å². The molecule has 20 heavy (non-hydrogen) atoms. The summed E-state index contributed by atoms with van der Waals surface area (Å²) < 4.78 is 0. The third kappa shape index (κ3) is 3.98. The highest BCUT2D eigenvalue weighted by atomic mass is 15.2. The van der Waals surface area contributed by atoms with Gasteiger partial charge in [-0.2, -0.15) is 0 Å². The normalized spacial score (nSPS) is 34.2. The first-order valence-corrected chi connectivity index (χ1v) is 9.01. The Labute approximate surface area is 126 Å². The molecule has 1 saturated heterocycles. The fourth-order valence-electron chi connectivity index (χ4n) is 4.33. The average Bonchev–Trinajstić information content (AvgIpc) is 2.37. The molecule has 1 heterocycles. The minimum Gasteiger partial charge on any atom is -0.311 e. The monoisotopic (exact) mass is 280 g/mol. The van der Waals surface area contributed by atoms with Crippen molar-refractivity contribution in [1.29, 1.82) is 0 Å². The van der Waals surface area contributed by atoms with E-state index in [0.717, 1.165) is 29.8 Å². The van der Waals surface area contributed by atoms with Crippen LogP contribution in [0.5, 0.6) is 0 Å². The van der Waals surface area contributed by atoms with E-state index < -0.39 is 0 Å². The largest absolute Gasteiger partial charge is 0.311 e. The lowest BCUT2D eigenvalue weighted by atomic mass is 9.72. The molecule has 0 aromatic rings. The van der Waals surface area contributed by atoms with Gasteiger partial charge in [-0.25, -0.2) is 0 Å². The second kappa shape index (κ2) is 7.26. The smallest absolute Gasteiger partial charge is 0.0150 e. The van der Waals surface area contributed by atoms with Crippen LogP contribution in [0.4, 0.5) is 0 Å². The highest BCUT2D eigenvalue weighted by molar-refractivity contribution is 4.96. The summed E-state index contributed by atoms with van der Waals surface area (Å²) in [6.45, 7) is 14.5. The van der Waals surface area contributed by atoms with Gasteiger partial charge in [0.1, 0.15) is 0 Å². The molecule has 2 fully saturated rings. The zero-order valence-electron chi connectivity index (χ0n) is 14.4. The van der Waals surface area contributed by atoms with E-state index in [1.165, 1.54) is 45.2 Å². The molecule has 2 rings (SSSR count). The number of rotatable bonds is 6. The van der Waals surface area contributed by atoms with E-state index in [-0.39, 0.29) is 0 Å². The lowest BCUT2D eigenvalue weighted by Crippen LogP contribution is -2.59. The van der Waals surface area contributed by atoms with Crippen LogP contribution < -0.4 is 5.32 Å². The Hall–Kier alpha value is -0.0800. The average molecular weight is 280 g/mol. The molecule has 4 unspecified atom stereocenters. The molecule has 2 aliphatic rings. The van der Waals surface area contributed by atoms with Gasteiger partial charge in [0, 0.05) is 31.2 Å². The molecule has 1 aliphatic carbocycles. The highest BCUT2D eigenvalue weighted by Crippen LogP contribution is 2.36. The molecule has 1 N–H and O–H groups in total. The summed E-state index contributed by atoms with van der Waals surface area (Å²) in [5.41, 5.74) is 0. The van der Waals surface area contributed by atoms with Crippen molar-refractivity contribution in [3.63, 3.8) is 0 Å². The quantitative estimate of drug-likeness (QED) is 0.793. The van der Waals surface area contributed by atoms with Crippen LogP contribution in [0.2, 0.25) is 0 Å². The highest BCUT2D eigenvalue weighted by Gasteiger charge is 2.40. The Morgan fingerprint density at radius 3 is 2.15 bits per heavy atom. The number of likely N-dealkylation sites (tertiary alicyclic amines) is 1. The van der Waals surface area contributed by atoms with Crippen LogP contribution in [0.15, 0.2) is 0 Å². The van der Waals surface area contributed by atoms with Gasteiger partial charge in [-0.05, 0) is 57.8 Å². The second-order valence-electron chi connectivity index (χ2n) is 7.84. The van der Waals surface area contributed by atoms with Crippen LogP contribution in [-0.2, 0) is 0 Å². The summed E-state index contributed by atoms with van der Waals surface area (Å²) >= 11 is 0. The molecule has 118 valence electrons. The van der Waals surface area contributed by atoms with E-state index in [1.807, 2.05) is 0 Å². The molecular weight excluding hydrogens is 244 g/mol. The van der Waals surface area contributed by atoms with E-state index in [1.54, 1.807) is 0 Å². The molecular formula is C18H36N2. The Balaban J connectivity index is 1.91. The van der Waals surface area contributed by atoms with E-state index in [2.05, 4.69) is 44.8 Å². The lowest BCUT2D eigenvalue weighted by Gasteiger charge is -2.50. The Kier molecular flexibility index (Phi) is 5.92. The predicted octanol–water partition coefficient (Wildman–Crippen LogP) is 3.91. The Morgan fingerprint density at radius 1 is 1.05 bits per heavy atom. The first kappa shape index (κ1) is 16.3.